The average molecular weight is 176 g/mol. The second-order valence-electron chi connectivity index (χ2n) is 0. The van der Waals surface area contributed by atoms with Gasteiger partial charge in [0.1, 0.15) is 0 Å². The molecule has 0 saturated carbocycles. The van der Waals surface area contributed by atoms with Crippen LogP contribution in [0.4, 0.5) is 0 Å². The summed E-state index contributed by atoms with van der Waals surface area (Å²) in [5, 5.41) is 2.00. The molecule has 0 bridgehead atoms. The third-order valence-electron chi connectivity index (χ3n) is 0. The van der Waals surface area contributed by atoms with Crippen LogP contribution in [-0.4, -0.2) is 11.0 Å². The van der Waals surface area contributed by atoms with E-state index in [0.29, 0.717) is 0 Å². The van der Waals surface area contributed by atoms with Crippen molar-refractivity contribution in [3.8, 4) is 0 Å². The quantitative estimate of drug-likeness (QED) is 0.445. The van der Waals surface area contributed by atoms with Crippen molar-refractivity contribution in [2.75, 3.05) is 0 Å². The van der Waals surface area contributed by atoms with Crippen molar-refractivity contribution < 1.29 is 20.4 Å². The summed E-state index contributed by atoms with van der Waals surface area (Å²) < 4.78 is 0. The monoisotopic (exact) mass is 175 g/mol. The van der Waals surface area contributed by atoms with E-state index in [1.54, 1.807) is 0 Å². The molecule has 0 aromatic heterocycles. The molecule has 0 aliphatic heterocycles. The van der Waals surface area contributed by atoms with Gasteiger partial charge in [0.15, 0.2) is 0 Å². The van der Waals surface area contributed by atoms with Gasteiger partial charge in [-0.2, -0.15) is 0 Å². The van der Waals surface area contributed by atoms with Crippen LogP contribution >= 0.6 is 17.0 Å². The smallest absolute Gasteiger partial charge is 0.0149 e. The Hall–Kier alpha value is 1.41. The van der Waals surface area contributed by atoms with Crippen LogP contribution in [0.15, 0.2) is 0 Å². The van der Waals surface area contributed by atoms with Crippen molar-refractivity contribution in [2.24, 2.45) is 0 Å². The number of hydrogen-bond acceptors (Lipinski definition) is 0. The van der Waals surface area contributed by atoms with Crippen LogP contribution in [0.2, 0.25) is 5.23 Å². The maximum absolute atomic E-state index is 2.00. The summed E-state index contributed by atoms with van der Waals surface area (Å²) in [7, 11) is 0. The van der Waals surface area contributed by atoms with Gasteiger partial charge in [-0.25, -0.2) is 0 Å². The normalized spacial score (nSPS) is 1.00. The third kappa shape index (κ3) is 9.96. The number of halogens is 1. The third-order valence-corrected chi connectivity index (χ3v) is 0. The molecule has 0 spiro atoms. The summed E-state index contributed by atoms with van der Waals surface area (Å²) in [6.45, 7) is 0. The Morgan fingerprint density at radius 3 is 1.25 bits per heavy atom. The zero-order chi connectivity index (χ0) is 2.00. The van der Waals surface area contributed by atoms with Gasteiger partial charge in [0, 0.05) is 0 Å². The molecule has 4 heavy (non-hydrogen) atoms. The molecule has 0 nitrogen and oxygen atoms in total. The SMILES string of the molecule is Br.[CH3][Ti].[SiH4]. The summed E-state index contributed by atoms with van der Waals surface area (Å²) in [4.78, 5) is 0. The predicted molar refractivity (Wildman–Crippen MR) is 27.5 cm³/mol. The molecule has 0 radical (unpaired) electrons. The predicted octanol–water partition coefficient (Wildman–Crippen LogP) is -0.292. The van der Waals surface area contributed by atoms with Crippen molar-refractivity contribution in [2.45, 2.75) is 5.23 Å². The molecule has 0 fully saturated rings. The van der Waals surface area contributed by atoms with E-state index in [1.165, 1.54) is 0 Å². The van der Waals surface area contributed by atoms with E-state index in [9.17, 15) is 0 Å². The number of rotatable bonds is 0. The molecular weight excluding hydrogens is 168 g/mol. The molecule has 0 heterocycles. The zero-order valence-corrected chi connectivity index (χ0v) is 5.18. The van der Waals surface area contributed by atoms with Crippen LogP contribution < -0.4 is 0 Å². The molecule has 0 aromatic carbocycles. The Kier molecular flexibility index (Phi) is 117. The minimum absolute atomic E-state index is 0. The molecule has 27 valence electrons. The Morgan fingerprint density at radius 2 is 1.25 bits per heavy atom. The molecule has 0 amide bonds. The first kappa shape index (κ1) is 18.1. The molecule has 0 aliphatic rings. The van der Waals surface area contributed by atoms with E-state index in [4.69, 9.17) is 0 Å². The Balaban J connectivity index is -0.00000000500. The Morgan fingerprint density at radius 1 is 1.25 bits per heavy atom. The molecule has 0 rings (SSSR count). The summed E-state index contributed by atoms with van der Waals surface area (Å²) in [6, 6.07) is 0. The van der Waals surface area contributed by atoms with Crippen LogP contribution in [0.25, 0.3) is 0 Å². The maximum atomic E-state index is 2.00. The van der Waals surface area contributed by atoms with Gasteiger partial charge in [-0.05, 0) is 11.0 Å². The zero-order valence-electron chi connectivity index (χ0n) is 1.91. The summed E-state index contributed by atoms with van der Waals surface area (Å²) in [5.74, 6) is 0. The molecule has 0 atom stereocenters. The molecule has 0 aliphatic carbocycles. The van der Waals surface area contributed by atoms with E-state index >= 15 is 0 Å². The van der Waals surface area contributed by atoms with Gasteiger partial charge in [-0.1, -0.05) is 0 Å². The second kappa shape index (κ2) is 25.8. The minimum Gasteiger partial charge on any atom is -0.0149 e. The Bertz CT molecular complexity index is 8.00. The Labute approximate surface area is 53.6 Å². The molecule has 0 unspecified atom stereocenters. The molecule has 0 saturated heterocycles. The van der Waals surface area contributed by atoms with Gasteiger partial charge in [0.2, 0.25) is 0 Å². The fourth-order valence-electron chi connectivity index (χ4n) is 0. The molecule has 0 aromatic rings. The molecule has 0 N–H and O–H groups in total. The van der Waals surface area contributed by atoms with Crippen LogP contribution in [0.1, 0.15) is 0 Å². The van der Waals surface area contributed by atoms with Gasteiger partial charge in [-0.3, -0.25) is 0 Å². The van der Waals surface area contributed by atoms with Crippen molar-refractivity contribution in [1.29, 1.82) is 0 Å². The largest absolute Gasteiger partial charge is 0.0149 e. The maximum Gasteiger partial charge on any atom is -0.0149 e. The fraction of sp³-hybridized carbons (Fsp3) is 1.00. The van der Waals surface area contributed by atoms with Crippen LogP contribution in [0, 0.1) is 0 Å². The van der Waals surface area contributed by atoms with Crippen molar-refractivity contribution >= 4 is 27.9 Å². The minimum atomic E-state index is 0. The average Bonchev–Trinajstić information content (AvgIpc) is 1.00. The standard InChI is InChI=1S/CH3.BrH.H4Si.Ti/h1H3;1H;1H4;. The van der Waals surface area contributed by atoms with Crippen LogP contribution in [-0.2, 0) is 20.4 Å². The second-order valence-corrected chi connectivity index (χ2v) is 0. The topological polar surface area (TPSA) is 0 Å². The first-order valence-electron chi connectivity index (χ1n) is 0.500. The fourth-order valence-corrected chi connectivity index (χ4v) is 0. The van der Waals surface area contributed by atoms with Gasteiger partial charge in [0.25, 0.3) is 0 Å². The number of hydrogen-bond donors (Lipinski definition) is 0. The van der Waals surface area contributed by atoms with E-state index in [-0.39, 0.29) is 27.9 Å². The summed E-state index contributed by atoms with van der Waals surface area (Å²) in [5.41, 5.74) is 0. The van der Waals surface area contributed by atoms with Gasteiger partial charge < -0.3 is 0 Å². The van der Waals surface area contributed by atoms with Crippen molar-refractivity contribution in [1.82, 2.24) is 0 Å². The van der Waals surface area contributed by atoms with Gasteiger partial charge >= 0.3 is 25.7 Å². The van der Waals surface area contributed by atoms with E-state index in [0.717, 1.165) is 0 Å². The first-order chi connectivity index (χ1) is 1.00. The van der Waals surface area contributed by atoms with Gasteiger partial charge in [-0.15, -0.1) is 17.0 Å². The molecule has 3 heteroatoms. The van der Waals surface area contributed by atoms with Crippen LogP contribution in [0.3, 0.4) is 0 Å². The van der Waals surface area contributed by atoms with Crippen LogP contribution in [0.5, 0.6) is 0 Å². The van der Waals surface area contributed by atoms with Crippen molar-refractivity contribution in [3.05, 3.63) is 0 Å². The van der Waals surface area contributed by atoms with E-state index in [1.807, 2.05) is 25.7 Å². The van der Waals surface area contributed by atoms with E-state index < -0.39 is 0 Å². The van der Waals surface area contributed by atoms with E-state index in [2.05, 4.69) is 0 Å². The van der Waals surface area contributed by atoms with Gasteiger partial charge in [0.05, 0.1) is 0 Å². The molecular formula is CH8BrSiTi. The van der Waals surface area contributed by atoms with Crippen molar-refractivity contribution in [3.63, 3.8) is 0 Å². The first-order valence-corrected chi connectivity index (χ1v) is 2.06. The summed E-state index contributed by atoms with van der Waals surface area (Å²) in [6.07, 6.45) is 0. The summed E-state index contributed by atoms with van der Waals surface area (Å²) >= 11 is 2.00.